The number of amides is 3. The minimum Gasteiger partial charge on any atom is -0.496 e. The largest absolute Gasteiger partial charge is 0.496 e. The van der Waals surface area contributed by atoms with E-state index in [1.165, 1.54) is 18.5 Å². The highest BCUT2D eigenvalue weighted by atomic mass is 16.5. The highest BCUT2D eigenvalue weighted by Crippen LogP contribution is 2.36. The molecule has 1 saturated carbocycles. The van der Waals surface area contributed by atoms with Crippen molar-refractivity contribution in [3.63, 3.8) is 0 Å². The van der Waals surface area contributed by atoms with Crippen molar-refractivity contribution in [1.82, 2.24) is 40.0 Å². The molecule has 2 saturated heterocycles. The van der Waals surface area contributed by atoms with Crippen LogP contribution in [0.5, 0.6) is 0 Å². The second kappa shape index (κ2) is 14.3. The van der Waals surface area contributed by atoms with E-state index in [9.17, 15) is 14.4 Å². The summed E-state index contributed by atoms with van der Waals surface area (Å²) in [6.07, 6.45) is 17.0. The predicted molar refractivity (Wildman–Crippen MR) is 211 cm³/mol. The van der Waals surface area contributed by atoms with Gasteiger partial charge in [0.2, 0.25) is 12.1 Å². The van der Waals surface area contributed by atoms with E-state index in [4.69, 9.17) is 9.84 Å². The SMILES string of the molecule is COC1=CC2(C)N/[N+](=C\C3CCC(CN4CCN(c5ccc6c(c5)c(C)nn6C5CCC(=O)NC5=O)CC4)CC3)C=C2C=C1C(=O)Nc1cnc2cccnn12. The molecule has 3 N–H and O–H groups in total. The first kappa shape index (κ1) is 35.8. The van der Waals surface area contributed by atoms with Gasteiger partial charge < -0.3 is 15.0 Å². The lowest BCUT2D eigenvalue weighted by Crippen LogP contribution is -2.48. The van der Waals surface area contributed by atoms with E-state index in [1.807, 2.05) is 25.1 Å². The van der Waals surface area contributed by atoms with Crippen LogP contribution in [-0.2, 0) is 19.1 Å². The third-order valence-corrected chi connectivity index (χ3v) is 12.1. The van der Waals surface area contributed by atoms with Gasteiger partial charge in [-0.15, -0.1) is 0 Å². The number of nitrogens with one attached hydrogen (secondary N) is 3. The second-order valence-corrected chi connectivity index (χ2v) is 15.9. The molecular weight excluding hydrogens is 711 g/mol. The number of anilines is 2. The van der Waals surface area contributed by atoms with Crippen LogP contribution < -0.4 is 21.0 Å². The van der Waals surface area contributed by atoms with Crippen molar-refractivity contribution in [1.29, 1.82) is 0 Å². The number of hydrogen-bond acceptors (Lipinski definition) is 10. The normalized spacial score (nSPS) is 26.4. The van der Waals surface area contributed by atoms with Crippen molar-refractivity contribution in [2.24, 2.45) is 11.8 Å². The fourth-order valence-corrected chi connectivity index (χ4v) is 8.98. The molecule has 15 nitrogen and oxygen atoms in total. The first-order chi connectivity index (χ1) is 27.1. The lowest BCUT2D eigenvalue weighted by Gasteiger charge is -2.38. The molecule has 15 heteroatoms. The Labute approximate surface area is 324 Å². The van der Waals surface area contributed by atoms with Crippen LogP contribution in [0.25, 0.3) is 16.6 Å². The number of carbonyl (C=O) groups excluding carboxylic acids is 3. The number of hydrazine groups is 1. The van der Waals surface area contributed by atoms with Crippen LogP contribution in [0, 0.1) is 18.8 Å². The molecule has 4 aromatic rings. The van der Waals surface area contributed by atoms with Gasteiger partial charge in [0.1, 0.15) is 17.3 Å². The summed E-state index contributed by atoms with van der Waals surface area (Å²) < 4.78 is 11.2. The van der Waals surface area contributed by atoms with Gasteiger partial charge in [-0.2, -0.15) is 20.1 Å². The third kappa shape index (κ3) is 6.73. The molecule has 290 valence electrons. The maximum atomic E-state index is 13.5. The van der Waals surface area contributed by atoms with Crippen LogP contribution in [-0.4, -0.2) is 103 Å². The Morgan fingerprint density at radius 3 is 2.71 bits per heavy atom. The van der Waals surface area contributed by atoms with Gasteiger partial charge in [-0.05, 0) is 94.4 Å². The molecule has 6 heterocycles. The van der Waals surface area contributed by atoms with Crippen LogP contribution in [0.15, 0.2) is 78.0 Å². The van der Waals surface area contributed by atoms with Crippen molar-refractivity contribution in [2.45, 2.75) is 64.0 Å². The highest BCUT2D eigenvalue weighted by molar-refractivity contribution is 6.07. The summed E-state index contributed by atoms with van der Waals surface area (Å²) >= 11 is 0. The number of carbonyl (C=O) groups is 3. The molecule has 5 aliphatic rings. The number of imide groups is 1. The van der Waals surface area contributed by atoms with Gasteiger partial charge in [0.25, 0.3) is 11.8 Å². The number of rotatable bonds is 8. The molecule has 56 heavy (non-hydrogen) atoms. The average molecular weight is 759 g/mol. The quantitative estimate of drug-likeness (QED) is 0.179. The summed E-state index contributed by atoms with van der Waals surface area (Å²) in [4.78, 5) is 47.1. The Hall–Kier alpha value is -5.83. The molecule has 2 aliphatic carbocycles. The number of methoxy groups -OCH3 is 1. The number of ether oxygens (including phenoxy) is 1. The number of imidazole rings is 1. The smallest absolute Gasteiger partial charge is 0.260 e. The molecule has 0 bridgehead atoms. The zero-order chi connectivity index (χ0) is 38.6. The molecule has 0 radical (unpaired) electrons. The average Bonchev–Trinajstić information content (AvgIpc) is 3.86. The van der Waals surface area contributed by atoms with Crippen molar-refractivity contribution in [3.8, 4) is 0 Å². The number of fused-ring (bicyclic) bond motifs is 3. The standard InChI is InChI=1S/C41H47N11O4/c1-26-31-20-30(10-11-33(31)51(46-26)34-12-13-38(53)45-40(34)55)49-17-15-48(16-18-49)23-27-6-8-28(9-7-27)24-50-25-29-19-32(35(56-3)21-41(29,2)47-50)39(54)44-37-22-42-36-5-4-14-43-52(36)37/h4-5,10-11,14,19-22,24-25,27-28,34,47H,6-9,12-13,15-18,23H2,1-3H3,(H-,43,44,45,53,54,55)/p+1/b50-24-. The Morgan fingerprint density at radius 1 is 1.11 bits per heavy atom. The molecule has 2 atom stereocenters. The van der Waals surface area contributed by atoms with Gasteiger partial charge in [-0.3, -0.25) is 29.3 Å². The van der Waals surface area contributed by atoms with E-state index in [-0.39, 0.29) is 17.7 Å². The summed E-state index contributed by atoms with van der Waals surface area (Å²) in [5.41, 5.74) is 8.21. The van der Waals surface area contributed by atoms with Gasteiger partial charge in [0.05, 0.1) is 35.7 Å². The van der Waals surface area contributed by atoms with Crippen molar-refractivity contribution < 1.29 is 23.8 Å². The molecule has 0 spiro atoms. The zero-order valence-electron chi connectivity index (χ0n) is 32.1. The zero-order valence-corrected chi connectivity index (χ0v) is 32.1. The second-order valence-electron chi connectivity index (χ2n) is 15.9. The molecule has 3 amide bonds. The predicted octanol–water partition coefficient (Wildman–Crippen LogP) is 3.65. The fraction of sp³-hybridized carbons (Fsp3) is 0.439. The Balaban J connectivity index is 0.782. The number of benzene rings is 1. The van der Waals surface area contributed by atoms with E-state index in [1.54, 1.807) is 34.8 Å². The van der Waals surface area contributed by atoms with E-state index < -0.39 is 11.6 Å². The Bertz CT molecular complexity index is 2360. The van der Waals surface area contributed by atoms with Crippen LogP contribution in [0.3, 0.4) is 0 Å². The minimum atomic E-state index is -0.502. The molecule has 3 aromatic heterocycles. The lowest BCUT2D eigenvalue weighted by molar-refractivity contribution is -0.518. The Morgan fingerprint density at radius 2 is 1.93 bits per heavy atom. The summed E-state index contributed by atoms with van der Waals surface area (Å²) in [5.74, 6) is 1.37. The van der Waals surface area contributed by atoms with E-state index in [0.29, 0.717) is 47.5 Å². The van der Waals surface area contributed by atoms with Gasteiger partial charge in [0, 0.05) is 62.3 Å². The highest BCUT2D eigenvalue weighted by Gasteiger charge is 2.43. The molecule has 3 fully saturated rings. The maximum absolute atomic E-state index is 13.5. The third-order valence-electron chi connectivity index (χ3n) is 12.1. The van der Waals surface area contributed by atoms with Crippen LogP contribution in [0.1, 0.15) is 57.2 Å². The van der Waals surface area contributed by atoms with E-state index >= 15 is 0 Å². The Kier molecular flexibility index (Phi) is 9.18. The topological polar surface area (TPSA) is 154 Å². The van der Waals surface area contributed by atoms with Crippen LogP contribution in [0.2, 0.25) is 0 Å². The summed E-state index contributed by atoms with van der Waals surface area (Å²) in [5, 5.41) is 15.5. The van der Waals surface area contributed by atoms with Crippen molar-refractivity contribution in [2.75, 3.05) is 50.1 Å². The molecule has 3 aliphatic heterocycles. The molecular formula is C41H48N11O4+. The summed E-state index contributed by atoms with van der Waals surface area (Å²) in [6, 6.07) is 9.59. The first-order valence-corrected chi connectivity index (χ1v) is 19.7. The minimum absolute atomic E-state index is 0.218. The monoisotopic (exact) mass is 758 g/mol. The number of piperidine rings is 1. The van der Waals surface area contributed by atoms with Gasteiger partial charge >= 0.3 is 0 Å². The molecule has 2 unspecified atom stereocenters. The number of nitrogens with zero attached hydrogens (tertiary/aromatic N) is 8. The van der Waals surface area contributed by atoms with Crippen molar-refractivity contribution >= 4 is 52.0 Å². The number of piperazine rings is 1. The number of hydrogen-bond donors (Lipinski definition) is 3. The molecule has 1 aromatic carbocycles. The van der Waals surface area contributed by atoms with Gasteiger partial charge in [-0.25, -0.2) is 4.98 Å². The maximum Gasteiger partial charge on any atom is 0.260 e. The van der Waals surface area contributed by atoms with Crippen LogP contribution >= 0.6 is 0 Å². The van der Waals surface area contributed by atoms with Gasteiger partial charge in [0.15, 0.2) is 17.7 Å². The van der Waals surface area contributed by atoms with E-state index in [2.05, 4.69) is 78.2 Å². The number of aryl methyl sites for hydroxylation is 1. The van der Waals surface area contributed by atoms with Crippen molar-refractivity contribution in [3.05, 3.63) is 83.7 Å². The number of aromatic nitrogens is 5. The first-order valence-electron chi connectivity index (χ1n) is 19.7. The van der Waals surface area contributed by atoms with Gasteiger partial charge in [-0.1, -0.05) is 4.68 Å². The summed E-state index contributed by atoms with van der Waals surface area (Å²) in [6.45, 7) is 9.21. The van der Waals surface area contributed by atoms with Crippen LogP contribution in [0.4, 0.5) is 11.5 Å². The fourth-order valence-electron chi connectivity index (χ4n) is 8.98. The molecule has 9 rings (SSSR count). The number of hydrazone groups is 1. The van der Waals surface area contributed by atoms with E-state index in [0.717, 1.165) is 67.7 Å². The summed E-state index contributed by atoms with van der Waals surface area (Å²) in [7, 11) is 1.59. The lowest BCUT2D eigenvalue weighted by atomic mass is 9.82.